The minimum atomic E-state index is -4.13. The number of nitrogens with zero attached hydrogens (tertiary/aromatic N) is 3. The van der Waals surface area contributed by atoms with Crippen molar-refractivity contribution in [2.24, 2.45) is 0 Å². The van der Waals surface area contributed by atoms with Gasteiger partial charge in [-0.25, -0.2) is 22.8 Å². The van der Waals surface area contributed by atoms with E-state index in [4.69, 9.17) is 0 Å². The topological polar surface area (TPSA) is 95.7 Å². The van der Waals surface area contributed by atoms with Crippen molar-refractivity contribution in [3.63, 3.8) is 0 Å². The molecule has 0 saturated carbocycles. The number of hydrogen-bond donors (Lipinski definition) is 1. The number of fused-ring (bicyclic) bond motifs is 1. The van der Waals surface area contributed by atoms with E-state index in [1.807, 2.05) is 26.0 Å². The predicted molar refractivity (Wildman–Crippen MR) is 109 cm³/mol. The van der Waals surface area contributed by atoms with Crippen molar-refractivity contribution >= 4 is 26.7 Å². The van der Waals surface area contributed by atoms with Crippen molar-refractivity contribution in [3.05, 3.63) is 60.0 Å². The van der Waals surface area contributed by atoms with Gasteiger partial charge in [0.15, 0.2) is 11.1 Å². The molecular weight excluding hydrogens is 391 g/mol. The molecule has 6 nitrogen and oxygen atoms in total. The Bertz CT molecular complexity index is 1160. The van der Waals surface area contributed by atoms with Gasteiger partial charge in [0.2, 0.25) is 9.84 Å². The van der Waals surface area contributed by atoms with E-state index in [0.29, 0.717) is 11.0 Å². The molecule has 8 heteroatoms. The average Bonchev–Trinajstić information content (AvgIpc) is 2.69. The normalized spacial score (nSPS) is 13.6. The lowest BCUT2D eigenvalue weighted by atomic mass is 10.2. The first kappa shape index (κ1) is 20.7. The van der Waals surface area contributed by atoms with Gasteiger partial charge >= 0.3 is 0 Å². The van der Waals surface area contributed by atoms with Crippen molar-refractivity contribution in [1.82, 2.24) is 9.97 Å². The molecule has 0 saturated heterocycles. The molecule has 0 aliphatic carbocycles. The molecule has 0 aliphatic heterocycles. The molecule has 2 unspecified atom stereocenters. The van der Waals surface area contributed by atoms with Gasteiger partial charge in [0.05, 0.1) is 22.0 Å². The zero-order chi connectivity index (χ0) is 21.0. The fourth-order valence-corrected chi connectivity index (χ4v) is 4.46. The maximum absolute atomic E-state index is 13.2. The minimum Gasteiger partial charge on any atom is -0.366 e. The zero-order valence-electron chi connectivity index (χ0n) is 16.1. The van der Waals surface area contributed by atoms with Gasteiger partial charge in [0.1, 0.15) is 11.5 Å². The molecule has 0 amide bonds. The van der Waals surface area contributed by atoms with Crippen molar-refractivity contribution in [2.45, 2.75) is 42.9 Å². The van der Waals surface area contributed by atoms with E-state index in [2.05, 4.69) is 15.3 Å². The first-order valence-electron chi connectivity index (χ1n) is 9.29. The molecule has 0 radical (unpaired) electrons. The summed E-state index contributed by atoms with van der Waals surface area (Å²) in [5.41, 5.74) is 1.13. The number of hydrogen-bond acceptors (Lipinski definition) is 6. The third-order valence-corrected chi connectivity index (χ3v) is 6.40. The molecular formula is C21H21FN4O2S. The highest BCUT2D eigenvalue weighted by Gasteiger charge is 2.33. The maximum atomic E-state index is 13.2. The number of halogens is 1. The second-order valence-electron chi connectivity index (χ2n) is 6.79. The van der Waals surface area contributed by atoms with Gasteiger partial charge in [0, 0.05) is 6.04 Å². The number of benzene rings is 2. The van der Waals surface area contributed by atoms with E-state index in [0.717, 1.165) is 37.1 Å². The Kier molecular flexibility index (Phi) is 6.09. The van der Waals surface area contributed by atoms with Crippen LogP contribution < -0.4 is 5.32 Å². The third-order valence-electron chi connectivity index (χ3n) is 4.52. The molecule has 2 atom stereocenters. The second-order valence-corrected chi connectivity index (χ2v) is 8.82. The van der Waals surface area contributed by atoms with Crippen LogP contribution in [0.25, 0.3) is 11.0 Å². The number of nitriles is 1. The molecule has 3 aromatic rings. The summed E-state index contributed by atoms with van der Waals surface area (Å²) in [6.45, 7) is 4.00. The summed E-state index contributed by atoms with van der Waals surface area (Å²) < 4.78 is 39.5. The quantitative estimate of drug-likeness (QED) is 0.578. The lowest BCUT2D eigenvalue weighted by molar-refractivity contribution is 0.589. The minimum absolute atomic E-state index is 0.0158. The van der Waals surface area contributed by atoms with Gasteiger partial charge in [-0.3, -0.25) is 0 Å². The fraction of sp³-hybridized carbons (Fsp3) is 0.286. The number of para-hydroxylation sites is 2. The Morgan fingerprint density at radius 2 is 1.72 bits per heavy atom. The number of anilines is 1. The molecule has 0 bridgehead atoms. The molecule has 0 aliphatic rings. The first-order chi connectivity index (χ1) is 13.9. The summed E-state index contributed by atoms with van der Waals surface area (Å²) >= 11 is 0. The van der Waals surface area contributed by atoms with E-state index in [1.54, 1.807) is 18.2 Å². The predicted octanol–water partition coefficient (Wildman–Crippen LogP) is 4.41. The number of sulfone groups is 1. The van der Waals surface area contributed by atoms with Crippen molar-refractivity contribution in [2.75, 3.05) is 5.32 Å². The van der Waals surface area contributed by atoms with Crippen LogP contribution in [0.4, 0.5) is 10.2 Å². The monoisotopic (exact) mass is 412 g/mol. The Morgan fingerprint density at radius 3 is 2.31 bits per heavy atom. The summed E-state index contributed by atoms with van der Waals surface area (Å²) in [5, 5.41) is 11.4. The molecule has 1 aromatic heterocycles. The fourth-order valence-electron chi connectivity index (χ4n) is 3.08. The lowest BCUT2D eigenvalue weighted by Crippen LogP contribution is -2.21. The number of aromatic nitrogens is 2. The van der Waals surface area contributed by atoms with Gasteiger partial charge in [-0.2, -0.15) is 5.26 Å². The number of rotatable bonds is 7. The Labute approximate surface area is 169 Å². The van der Waals surface area contributed by atoms with Gasteiger partial charge in [-0.05, 0) is 49.7 Å². The smallest absolute Gasteiger partial charge is 0.200 e. The Morgan fingerprint density at radius 1 is 1.10 bits per heavy atom. The summed E-state index contributed by atoms with van der Waals surface area (Å²) in [6, 6.07) is 13.3. The first-order valence-corrected chi connectivity index (χ1v) is 10.8. The Hall–Kier alpha value is -3.05. The maximum Gasteiger partial charge on any atom is 0.200 e. The second kappa shape index (κ2) is 8.53. The van der Waals surface area contributed by atoms with Crippen LogP contribution >= 0.6 is 0 Å². The molecule has 3 rings (SSSR count). The molecule has 2 aromatic carbocycles. The van der Waals surface area contributed by atoms with Crippen LogP contribution in [0.2, 0.25) is 0 Å². The summed E-state index contributed by atoms with van der Waals surface area (Å²) in [7, 11) is -4.13. The molecule has 150 valence electrons. The van der Waals surface area contributed by atoms with Gasteiger partial charge < -0.3 is 5.32 Å². The highest BCUT2D eigenvalue weighted by atomic mass is 32.2. The standard InChI is InChI=1S/C21H21FN4O2S/c1-3-6-14(2)24-21-20(25-17-7-4-5-8-18(17)26-21)19(13-23)29(27,28)16-11-9-15(22)10-12-16/h4-5,7-12,14,19H,3,6H2,1-2H3,(H,24,26). The van der Waals surface area contributed by atoms with E-state index in [-0.39, 0.29) is 22.4 Å². The van der Waals surface area contributed by atoms with E-state index >= 15 is 0 Å². The van der Waals surface area contributed by atoms with Crippen LogP contribution in [-0.4, -0.2) is 24.4 Å². The lowest BCUT2D eigenvalue weighted by Gasteiger charge is -2.19. The van der Waals surface area contributed by atoms with Crippen LogP contribution in [-0.2, 0) is 9.84 Å². The Balaban J connectivity index is 2.16. The van der Waals surface area contributed by atoms with Crippen LogP contribution in [0.1, 0.15) is 37.6 Å². The summed E-state index contributed by atoms with van der Waals surface area (Å²) in [6.07, 6.45) is 1.77. The molecule has 0 spiro atoms. The zero-order valence-corrected chi connectivity index (χ0v) is 16.9. The number of nitrogens with one attached hydrogen (secondary N) is 1. The SMILES string of the molecule is CCCC(C)Nc1nc2ccccc2nc1C(C#N)S(=O)(=O)c1ccc(F)cc1. The van der Waals surface area contributed by atoms with Crippen LogP contribution in [0.5, 0.6) is 0 Å². The highest BCUT2D eigenvalue weighted by Crippen LogP contribution is 2.32. The summed E-state index contributed by atoms with van der Waals surface area (Å²) in [5.74, 6) is -0.291. The summed E-state index contributed by atoms with van der Waals surface area (Å²) in [4.78, 5) is 8.86. The molecule has 1 N–H and O–H groups in total. The van der Waals surface area contributed by atoms with Crippen molar-refractivity contribution in [3.8, 4) is 6.07 Å². The van der Waals surface area contributed by atoms with Gasteiger partial charge in [-0.15, -0.1) is 0 Å². The van der Waals surface area contributed by atoms with Gasteiger partial charge in [-0.1, -0.05) is 25.5 Å². The van der Waals surface area contributed by atoms with Gasteiger partial charge in [0.25, 0.3) is 0 Å². The van der Waals surface area contributed by atoms with E-state index in [9.17, 15) is 18.1 Å². The highest BCUT2D eigenvalue weighted by molar-refractivity contribution is 7.92. The van der Waals surface area contributed by atoms with Crippen molar-refractivity contribution < 1.29 is 12.8 Å². The van der Waals surface area contributed by atoms with Crippen LogP contribution in [0, 0.1) is 17.1 Å². The molecule has 0 fully saturated rings. The molecule has 1 heterocycles. The van der Waals surface area contributed by atoms with E-state index < -0.39 is 20.9 Å². The largest absolute Gasteiger partial charge is 0.366 e. The van der Waals surface area contributed by atoms with E-state index in [1.165, 1.54) is 0 Å². The van der Waals surface area contributed by atoms with Crippen LogP contribution in [0.3, 0.4) is 0 Å². The van der Waals surface area contributed by atoms with Crippen molar-refractivity contribution in [1.29, 1.82) is 5.26 Å². The molecule has 29 heavy (non-hydrogen) atoms. The van der Waals surface area contributed by atoms with Crippen LogP contribution in [0.15, 0.2) is 53.4 Å². The third kappa shape index (κ3) is 4.35. The average molecular weight is 412 g/mol.